The second-order valence-corrected chi connectivity index (χ2v) is 8.33. The Bertz CT molecular complexity index is 1170. The van der Waals surface area contributed by atoms with Gasteiger partial charge in [0.2, 0.25) is 0 Å². The summed E-state index contributed by atoms with van der Waals surface area (Å²) in [6, 6.07) is 9.51. The molecule has 2 heterocycles. The van der Waals surface area contributed by atoms with Gasteiger partial charge in [-0.15, -0.1) is 0 Å². The molecular weight excluding hydrogens is 488 g/mol. The Balaban J connectivity index is 1.89. The maximum Gasteiger partial charge on any atom is 0.261 e. The molecule has 0 spiro atoms. The summed E-state index contributed by atoms with van der Waals surface area (Å²) in [5, 5.41) is 0.609. The Morgan fingerprint density at radius 1 is 1.11 bits per heavy atom. The van der Waals surface area contributed by atoms with Crippen molar-refractivity contribution in [2.45, 2.75) is 19.4 Å². The van der Waals surface area contributed by atoms with Gasteiger partial charge in [0.25, 0.3) is 5.56 Å². The van der Waals surface area contributed by atoms with E-state index in [0.29, 0.717) is 28.9 Å². The van der Waals surface area contributed by atoms with Crippen molar-refractivity contribution in [3.63, 3.8) is 0 Å². The van der Waals surface area contributed by atoms with Crippen LogP contribution in [0, 0.1) is 0 Å². The number of aromatic nitrogens is 2. The van der Waals surface area contributed by atoms with Gasteiger partial charge in [-0.25, -0.2) is 4.98 Å². The summed E-state index contributed by atoms with van der Waals surface area (Å²) >= 11 is 7.00. The third-order valence-corrected chi connectivity index (χ3v) is 5.90. The van der Waals surface area contributed by atoms with E-state index in [-0.39, 0.29) is 5.56 Å². The quantitative estimate of drug-likeness (QED) is 0.486. The van der Waals surface area contributed by atoms with Crippen LogP contribution in [0.1, 0.15) is 24.2 Å². The third-order valence-electron chi connectivity index (χ3n) is 4.84. The van der Waals surface area contributed by atoms with Crippen molar-refractivity contribution < 1.29 is 9.47 Å². The zero-order chi connectivity index (χ0) is 19.8. The largest absolute Gasteiger partial charge is 0.493 e. The molecular formula is C21H18Br2N2O3. The van der Waals surface area contributed by atoms with Crippen molar-refractivity contribution in [3.05, 3.63) is 61.0 Å². The van der Waals surface area contributed by atoms with E-state index in [1.54, 1.807) is 18.8 Å². The normalized spacial score (nSPS) is 14.9. The van der Waals surface area contributed by atoms with Crippen LogP contribution in [0.25, 0.3) is 22.6 Å². The van der Waals surface area contributed by atoms with E-state index >= 15 is 0 Å². The van der Waals surface area contributed by atoms with Gasteiger partial charge in [0.15, 0.2) is 11.5 Å². The lowest BCUT2D eigenvalue weighted by atomic mass is 10.0. The van der Waals surface area contributed by atoms with Gasteiger partial charge >= 0.3 is 0 Å². The summed E-state index contributed by atoms with van der Waals surface area (Å²) in [7, 11) is 3.23. The first-order chi connectivity index (χ1) is 13.5. The molecule has 28 heavy (non-hydrogen) atoms. The first-order valence-electron chi connectivity index (χ1n) is 8.84. The number of nitrogens with zero attached hydrogens (tertiary/aromatic N) is 2. The first kappa shape index (κ1) is 19.2. The Morgan fingerprint density at radius 3 is 2.64 bits per heavy atom. The van der Waals surface area contributed by atoms with Crippen molar-refractivity contribution in [2.75, 3.05) is 14.2 Å². The lowest BCUT2D eigenvalue weighted by molar-refractivity contribution is 0.355. The minimum absolute atomic E-state index is 0.0140. The average molecular weight is 506 g/mol. The van der Waals surface area contributed by atoms with Gasteiger partial charge in [-0.2, -0.15) is 0 Å². The zero-order valence-corrected chi connectivity index (χ0v) is 18.6. The second-order valence-electron chi connectivity index (χ2n) is 6.56. The molecule has 0 N–H and O–H groups in total. The molecule has 1 aliphatic heterocycles. The predicted molar refractivity (Wildman–Crippen MR) is 118 cm³/mol. The number of halogens is 2. The number of hydrogen-bond donors (Lipinski definition) is 0. The topological polar surface area (TPSA) is 53.4 Å². The fourth-order valence-electron chi connectivity index (χ4n) is 3.52. The van der Waals surface area contributed by atoms with Crippen molar-refractivity contribution in [1.29, 1.82) is 0 Å². The van der Waals surface area contributed by atoms with Crippen molar-refractivity contribution in [2.24, 2.45) is 0 Å². The first-order valence-corrected chi connectivity index (χ1v) is 10.4. The predicted octanol–water partition coefficient (Wildman–Crippen LogP) is 5.27. The Kier molecular flexibility index (Phi) is 5.29. The van der Waals surface area contributed by atoms with Crippen LogP contribution in [-0.2, 0) is 6.54 Å². The maximum absolute atomic E-state index is 13.1. The molecule has 0 aliphatic carbocycles. The highest BCUT2D eigenvalue weighted by Gasteiger charge is 2.20. The molecule has 3 aromatic rings. The molecule has 2 aromatic carbocycles. The molecule has 0 radical (unpaired) electrons. The lowest BCUT2D eigenvalue weighted by Crippen LogP contribution is -2.28. The Labute approximate surface area is 179 Å². The average Bonchev–Trinajstić information content (AvgIpc) is 2.69. The van der Waals surface area contributed by atoms with Crippen LogP contribution >= 0.6 is 31.9 Å². The molecule has 0 unspecified atom stereocenters. The van der Waals surface area contributed by atoms with Crippen LogP contribution in [0.4, 0.5) is 0 Å². The van der Waals surface area contributed by atoms with Crippen LogP contribution < -0.4 is 15.0 Å². The van der Waals surface area contributed by atoms with Crippen LogP contribution in [0.3, 0.4) is 0 Å². The summed E-state index contributed by atoms with van der Waals surface area (Å²) in [6.45, 7) is 0.671. The van der Waals surface area contributed by atoms with E-state index in [1.807, 2.05) is 30.3 Å². The van der Waals surface area contributed by atoms with E-state index in [4.69, 9.17) is 14.5 Å². The van der Waals surface area contributed by atoms with Gasteiger partial charge in [0, 0.05) is 15.5 Å². The molecule has 1 aromatic heterocycles. The minimum Gasteiger partial charge on any atom is -0.493 e. The number of allylic oxidation sites excluding steroid dienone is 1. The van der Waals surface area contributed by atoms with Gasteiger partial charge in [0.1, 0.15) is 5.82 Å². The smallest absolute Gasteiger partial charge is 0.261 e. The van der Waals surface area contributed by atoms with Crippen LogP contribution in [0.5, 0.6) is 11.5 Å². The van der Waals surface area contributed by atoms with Crippen molar-refractivity contribution in [1.82, 2.24) is 9.55 Å². The summed E-state index contributed by atoms with van der Waals surface area (Å²) < 4.78 is 14.1. The molecule has 0 atom stereocenters. The fraction of sp³-hybridized carbons (Fsp3) is 0.238. The molecule has 0 fully saturated rings. The highest BCUT2D eigenvalue weighted by atomic mass is 79.9. The zero-order valence-electron chi connectivity index (χ0n) is 15.5. The van der Waals surface area contributed by atoms with E-state index in [9.17, 15) is 4.79 Å². The summed E-state index contributed by atoms with van der Waals surface area (Å²) in [5.74, 6) is 2.08. The van der Waals surface area contributed by atoms with Crippen molar-refractivity contribution >= 4 is 54.4 Å². The van der Waals surface area contributed by atoms with Gasteiger partial charge in [-0.05, 0) is 70.2 Å². The van der Waals surface area contributed by atoms with Crippen molar-refractivity contribution in [3.8, 4) is 11.5 Å². The molecule has 7 heteroatoms. The Hall–Kier alpha value is -2.12. The minimum atomic E-state index is -0.0140. The van der Waals surface area contributed by atoms with E-state index in [2.05, 4.69) is 37.9 Å². The third kappa shape index (κ3) is 3.37. The summed E-state index contributed by atoms with van der Waals surface area (Å²) in [4.78, 5) is 17.9. The number of hydrogen-bond acceptors (Lipinski definition) is 4. The van der Waals surface area contributed by atoms with E-state index < -0.39 is 0 Å². The van der Waals surface area contributed by atoms with Gasteiger partial charge in [0.05, 0.1) is 25.1 Å². The SMILES string of the molecule is COc1ccc(/C=C2\CCCn3c2nc2c(Br)cc(Br)cc2c3=O)cc1OC. The standard InChI is InChI=1S/C21H18Br2N2O3/c1-27-17-6-5-12(9-18(17)28-2)8-13-4-3-7-25-20(13)24-19-15(21(25)26)10-14(22)11-16(19)23/h5-6,8-11H,3-4,7H2,1-2H3/b13-8+. The maximum atomic E-state index is 13.1. The summed E-state index contributed by atoms with van der Waals surface area (Å²) in [6.07, 6.45) is 3.83. The number of methoxy groups -OCH3 is 2. The number of ether oxygens (including phenoxy) is 2. The number of rotatable bonds is 3. The molecule has 0 saturated heterocycles. The number of benzene rings is 2. The molecule has 0 bridgehead atoms. The molecule has 144 valence electrons. The van der Waals surface area contributed by atoms with Crippen LogP contribution in [0.2, 0.25) is 0 Å². The van der Waals surface area contributed by atoms with E-state index in [1.165, 1.54) is 0 Å². The number of fused-ring (bicyclic) bond motifs is 2. The molecule has 5 nitrogen and oxygen atoms in total. The highest BCUT2D eigenvalue weighted by Crippen LogP contribution is 2.33. The molecule has 1 aliphatic rings. The highest BCUT2D eigenvalue weighted by molar-refractivity contribution is 9.11. The van der Waals surface area contributed by atoms with Crippen LogP contribution in [0.15, 0.2) is 44.1 Å². The second kappa shape index (κ2) is 7.72. The summed E-state index contributed by atoms with van der Waals surface area (Å²) in [5.41, 5.74) is 2.68. The monoisotopic (exact) mass is 504 g/mol. The van der Waals surface area contributed by atoms with Gasteiger partial charge in [-0.1, -0.05) is 22.0 Å². The molecule has 4 rings (SSSR count). The Morgan fingerprint density at radius 2 is 1.89 bits per heavy atom. The van der Waals surface area contributed by atoms with Gasteiger partial charge < -0.3 is 9.47 Å². The van der Waals surface area contributed by atoms with Crippen LogP contribution in [-0.4, -0.2) is 23.8 Å². The lowest BCUT2D eigenvalue weighted by Gasteiger charge is -2.21. The van der Waals surface area contributed by atoms with E-state index in [0.717, 1.165) is 38.7 Å². The molecule has 0 saturated carbocycles. The fourth-order valence-corrected chi connectivity index (χ4v) is 4.84. The van der Waals surface area contributed by atoms with Gasteiger partial charge in [-0.3, -0.25) is 9.36 Å². The molecule has 0 amide bonds.